The number of aromatic nitrogens is 1. The molecule has 0 amide bonds. The van der Waals surface area contributed by atoms with Gasteiger partial charge in [0.15, 0.2) is 5.11 Å². The van der Waals surface area contributed by atoms with E-state index in [9.17, 15) is 8.42 Å². The Morgan fingerprint density at radius 2 is 1.85 bits per heavy atom. The third-order valence-electron chi connectivity index (χ3n) is 5.96. The lowest BCUT2D eigenvalue weighted by Gasteiger charge is -2.25. The molecule has 1 aromatic heterocycles. The van der Waals surface area contributed by atoms with Gasteiger partial charge in [-0.05, 0) is 74.3 Å². The smallest absolute Gasteiger partial charge is 0.243 e. The van der Waals surface area contributed by atoms with Gasteiger partial charge in [-0.1, -0.05) is 18.6 Å². The summed E-state index contributed by atoms with van der Waals surface area (Å²) in [5.74, 6) is 0. The van der Waals surface area contributed by atoms with Gasteiger partial charge < -0.3 is 9.88 Å². The summed E-state index contributed by atoms with van der Waals surface area (Å²) in [7, 11) is -1.57. The number of rotatable bonds is 5. The molecule has 33 heavy (non-hydrogen) atoms. The molecular formula is C24H29N5O2S2. The van der Waals surface area contributed by atoms with Crippen molar-refractivity contribution in [1.82, 2.24) is 14.3 Å². The van der Waals surface area contributed by atoms with E-state index in [1.54, 1.807) is 22.7 Å². The third kappa shape index (κ3) is 5.10. The van der Waals surface area contributed by atoms with E-state index in [0.717, 1.165) is 52.5 Å². The third-order valence-corrected chi connectivity index (χ3v) is 8.04. The molecule has 1 saturated heterocycles. The van der Waals surface area contributed by atoms with Crippen LogP contribution in [0.25, 0.3) is 10.9 Å². The van der Waals surface area contributed by atoms with E-state index in [0.29, 0.717) is 23.1 Å². The molecule has 0 atom stereocenters. The van der Waals surface area contributed by atoms with E-state index < -0.39 is 10.0 Å². The monoisotopic (exact) mass is 483 g/mol. The summed E-state index contributed by atoms with van der Waals surface area (Å²) in [5, 5.41) is 8.66. The van der Waals surface area contributed by atoms with Crippen molar-refractivity contribution < 1.29 is 8.42 Å². The number of sulfonamides is 1. The van der Waals surface area contributed by atoms with E-state index in [-0.39, 0.29) is 0 Å². The number of nitrogens with zero attached hydrogens (tertiary/aromatic N) is 3. The van der Waals surface area contributed by atoms with E-state index in [1.165, 1.54) is 0 Å². The maximum atomic E-state index is 13.1. The lowest BCUT2D eigenvalue weighted by atomic mass is 10.1. The van der Waals surface area contributed by atoms with Crippen LogP contribution in [-0.4, -0.2) is 41.7 Å². The van der Waals surface area contributed by atoms with Gasteiger partial charge in [0.2, 0.25) is 10.0 Å². The normalized spacial score (nSPS) is 15.2. The highest BCUT2D eigenvalue weighted by Gasteiger charge is 2.26. The predicted molar refractivity (Wildman–Crippen MR) is 138 cm³/mol. The molecule has 2 aromatic carbocycles. The minimum atomic E-state index is -3.50. The number of hydrogen-bond donors (Lipinski definition) is 2. The second-order valence-electron chi connectivity index (χ2n) is 8.48. The molecule has 2 heterocycles. The molecule has 1 aliphatic rings. The van der Waals surface area contributed by atoms with Crippen LogP contribution in [0.15, 0.2) is 52.6 Å². The first-order valence-corrected chi connectivity index (χ1v) is 12.9. The Labute approximate surface area is 200 Å². The Morgan fingerprint density at radius 3 is 2.61 bits per heavy atom. The Bertz CT molecular complexity index is 1320. The van der Waals surface area contributed by atoms with E-state index >= 15 is 0 Å². The van der Waals surface area contributed by atoms with E-state index in [2.05, 4.69) is 21.9 Å². The zero-order valence-corrected chi connectivity index (χ0v) is 20.8. The number of anilines is 1. The number of benzene rings is 2. The molecule has 0 unspecified atom stereocenters. The number of thiocarbonyl (C=S) groups is 1. The van der Waals surface area contributed by atoms with Crippen molar-refractivity contribution in [2.45, 2.75) is 38.0 Å². The number of piperidine rings is 1. The summed E-state index contributed by atoms with van der Waals surface area (Å²) in [6, 6.07) is 11.4. The highest BCUT2D eigenvalue weighted by molar-refractivity contribution is 7.89. The quantitative estimate of drug-likeness (QED) is 0.322. The Kier molecular flexibility index (Phi) is 6.83. The minimum absolute atomic E-state index is 0.317. The number of nitrogens with one attached hydrogen (secondary N) is 2. The van der Waals surface area contributed by atoms with E-state index in [1.807, 2.05) is 49.9 Å². The molecule has 1 fully saturated rings. The first kappa shape index (κ1) is 23.4. The minimum Gasteiger partial charge on any atom is -0.350 e. The molecule has 4 rings (SSSR count). The van der Waals surface area contributed by atoms with Crippen LogP contribution in [0.2, 0.25) is 0 Å². The topological polar surface area (TPSA) is 78.7 Å². The maximum Gasteiger partial charge on any atom is 0.243 e. The van der Waals surface area contributed by atoms with E-state index in [4.69, 9.17) is 12.2 Å². The summed E-state index contributed by atoms with van der Waals surface area (Å²) >= 11 is 5.37. The largest absolute Gasteiger partial charge is 0.350 e. The maximum absolute atomic E-state index is 13.1. The molecule has 0 radical (unpaired) electrons. The molecule has 2 N–H and O–H groups in total. The summed E-state index contributed by atoms with van der Waals surface area (Å²) < 4.78 is 29.8. The molecule has 0 saturated carbocycles. The predicted octanol–water partition coefficient (Wildman–Crippen LogP) is 4.29. The average molecular weight is 484 g/mol. The first-order chi connectivity index (χ1) is 15.8. The highest BCUT2D eigenvalue weighted by atomic mass is 32.2. The van der Waals surface area contributed by atoms with Gasteiger partial charge >= 0.3 is 0 Å². The number of hydrogen-bond acceptors (Lipinski definition) is 4. The van der Waals surface area contributed by atoms with Gasteiger partial charge in [0.05, 0.1) is 11.1 Å². The van der Waals surface area contributed by atoms with Crippen LogP contribution < -0.4 is 10.7 Å². The Balaban J connectivity index is 1.54. The van der Waals surface area contributed by atoms with Crippen molar-refractivity contribution >= 4 is 50.2 Å². The SMILES string of the molecule is Cc1ccc(C)c(NC(=S)N/N=C\c2cn(C)c3ccc(S(=O)(=O)N4CCCCC4)cc23)c1. The zero-order chi connectivity index (χ0) is 23.6. The van der Waals surface area contributed by atoms with Gasteiger partial charge in [-0.15, -0.1) is 0 Å². The second kappa shape index (κ2) is 9.62. The van der Waals surface area contributed by atoms with Crippen LogP contribution in [0.1, 0.15) is 36.0 Å². The summed E-state index contributed by atoms with van der Waals surface area (Å²) in [4.78, 5) is 0.317. The van der Waals surface area contributed by atoms with Gasteiger partial charge in [0, 0.05) is 48.5 Å². The molecule has 7 nitrogen and oxygen atoms in total. The molecule has 9 heteroatoms. The molecule has 0 spiro atoms. The van der Waals surface area contributed by atoms with Crippen LogP contribution in [0, 0.1) is 13.8 Å². The first-order valence-electron chi connectivity index (χ1n) is 11.0. The van der Waals surface area contributed by atoms with Gasteiger partial charge in [0.25, 0.3) is 0 Å². The van der Waals surface area contributed by atoms with Crippen LogP contribution in [0.4, 0.5) is 5.69 Å². The molecule has 3 aromatic rings. The van der Waals surface area contributed by atoms with Crippen molar-refractivity contribution in [3.63, 3.8) is 0 Å². The molecule has 1 aliphatic heterocycles. The van der Waals surface area contributed by atoms with Gasteiger partial charge in [0.1, 0.15) is 0 Å². The number of aryl methyl sites for hydroxylation is 3. The van der Waals surface area contributed by atoms with Gasteiger partial charge in [-0.3, -0.25) is 5.43 Å². The Hall–Kier alpha value is -2.75. The fourth-order valence-corrected chi connectivity index (χ4v) is 5.81. The number of hydrazone groups is 1. The van der Waals surface area contributed by atoms with Crippen molar-refractivity contribution in [1.29, 1.82) is 0 Å². The van der Waals surface area contributed by atoms with Crippen molar-refractivity contribution in [3.8, 4) is 0 Å². The average Bonchev–Trinajstić information content (AvgIpc) is 3.12. The van der Waals surface area contributed by atoms with Crippen LogP contribution in [-0.2, 0) is 17.1 Å². The number of fused-ring (bicyclic) bond motifs is 1. The fraction of sp³-hybridized carbons (Fsp3) is 0.333. The highest BCUT2D eigenvalue weighted by Crippen LogP contribution is 2.26. The molecule has 174 valence electrons. The lowest BCUT2D eigenvalue weighted by molar-refractivity contribution is 0.346. The van der Waals surface area contributed by atoms with Gasteiger partial charge in [-0.2, -0.15) is 9.41 Å². The molecule has 0 aliphatic carbocycles. The molecule has 0 bridgehead atoms. The van der Waals surface area contributed by atoms with Crippen molar-refractivity contribution in [2.75, 3.05) is 18.4 Å². The van der Waals surface area contributed by atoms with Crippen LogP contribution in [0.5, 0.6) is 0 Å². The lowest BCUT2D eigenvalue weighted by Crippen LogP contribution is -2.35. The standard InChI is InChI=1S/C24H29N5O2S2/c1-17-7-8-18(2)22(13-17)26-24(32)27-25-15-19-16-28(3)23-10-9-20(14-21(19)23)33(30,31)29-11-5-4-6-12-29/h7-10,13-16H,4-6,11-12H2,1-3H3,(H2,26,27,32)/b25-15-. The second-order valence-corrected chi connectivity index (χ2v) is 10.8. The van der Waals surface area contributed by atoms with Crippen LogP contribution >= 0.6 is 12.2 Å². The van der Waals surface area contributed by atoms with Crippen molar-refractivity contribution in [2.24, 2.45) is 12.1 Å². The van der Waals surface area contributed by atoms with Gasteiger partial charge in [-0.25, -0.2) is 8.42 Å². The summed E-state index contributed by atoms with van der Waals surface area (Å²) in [6.07, 6.45) is 6.49. The molecular weight excluding hydrogens is 454 g/mol. The zero-order valence-electron chi connectivity index (χ0n) is 19.1. The van der Waals surface area contributed by atoms with Crippen LogP contribution in [0.3, 0.4) is 0 Å². The summed E-state index contributed by atoms with van der Waals surface area (Å²) in [6.45, 7) is 5.20. The van der Waals surface area contributed by atoms with Crippen molar-refractivity contribution in [3.05, 3.63) is 59.3 Å². The fourth-order valence-electron chi connectivity index (χ4n) is 4.10. The Morgan fingerprint density at radius 1 is 1.09 bits per heavy atom. The summed E-state index contributed by atoms with van der Waals surface area (Å²) in [5.41, 5.74) is 7.76.